The number of aromatic nitrogens is 4. The third-order valence-electron chi connectivity index (χ3n) is 3.72. The van der Waals surface area contributed by atoms with Gasteiger partial charge >= 0.3 is 0 Å². The van der Waals surface area contributed by atoms with Crippen molar-refractivity contribution < 1.29 is 0 Å². The smallest absolute Gasteiger partial charge is 0.148 e. The summed E-state index contributed by atoms with van der Waals surface area (Å²) in [4.78, 5) is 8.97. The summed E-state index contributed by atoms with van der Waals surface area (Å²) in [6.45, 7) is 1.85. The van der Waals surface area contributed by atoms with E-state index in [1.54, 1.807) is 6.20 Å². The lowest BCUT2D eigenvalue weighted by Crippen LogP contribution is -1.99. The molecule has 110 valence electrons. The van der Waals surface area contributed by atoms with Gasteiger partial charge in [0.05, 0.1) is 5.52 Å². The highest BCUT2D eigenvalue weighted by Gasteiger charge is 2.12. The van der Waals surface area contributed by atoms with E-state index in [4.69, 9.17) is 0 Å². The van der Waals surface area contributed by atoms with Crippen molar-refractivity contribution in [3.05, 3.63) is 72.7 Å². The molecule has 4 nitrogen and oxygen atoms in total. The van der Waals surface area contributed by atoms with Crippen LogP contribution in [-0.2, 0) is 0 Å². The zero-order chi connectivity index (χ0) is 15.6. The number of hydrogen-bond donors (Lipinski definition) is 0. The molecular formula is C19H14N4. The van der Waals surface area contributed by atoms with Gasteiger partial charge in [0.25, 0.3) is 0 Å². The molecule has 2 heterocycles. The van der Waals surface area contributed by atoms with E-state index in [0.717, 1.165) is 33.4 Å². The van der Waals surface area contributed by atoms with Crippen LogP contribution in [0.5, 0.6) is 0 Å². The van der Waals surface area contributed by atoms with Gasteiger partial charge in [0, 0.05) is 22.7 Å². The molecule has 0 bridgehead atoms. The Kier molecular flexibility index (Phi) is 3.27. The molecule has 0 saturated heterocycles. The van der Waals surface area contributed by atoms with E-state index in [-0.39, 0.29) is 0 Å². The summed E-state index contributed by atoms with van der Waals surface area (Å²) >= 11 is 0. The van der Waals surface area contributed by atoms with Crippen LogP contribution in [0.4, 0.5) is 0 Å². The minimum Gasteiger partial charge on any atom is -0.256 e. The van der Waals surface area contributed by atoms with Crippen LogP contribution < -0.4 is 0 Å². The second kappa shape index (κ2) is 5.57. The standard InChI is InChI=1S/C19H14N4/c1-13-21-18(14-6-3-2-4-7-14)19(23-22-13)16-9-10-17-15(12-16)8-5-11-20-17/h2-12H,1H3. The fourth-order valence-corrected chi connectivity index (χ4v) is 2.62. The Balaban J connectivity index is 1.94. The van der Waals surface area contributed by atoms with Gasteiger partial charge in [-0.05, 0) is 25.1 Å². The summed E-state index contributed by atoms with van der Waals surface area (Å²) in [5.74, 6) is 0.662. The van der Waals surface area contributed by atoms with E-state index in [1.165, 1.54) is 0 Å². The summed E-state index contributed by atoms with van der Waals surface area (Å²) < 4.78 is 0. The number of rotatable bonds is 2. The second-order valence-electron chi connectivity index (χ2n) is 5.33. The Hall–Kier alpha value is -3.14. The molecule has 0 unspecified atom stereocenters. The molecule has 0 aliphatic heterocycles. The molecule has 4 aromatic rings. The number of pyridine rings is 1. The van der Waals surface area contributed by atoms with Gasteiger partial charge < -0.3 is 0 Å². The van der Waals surface area contributed by atoms with Gasteiger partial charge in [-0.3, -0.25) is 4.98 Å². The van der Waals surface area contributed by atoms with Crippen molar-refractivity contribution in [2.75, 3.05) is 0 Å². The second-order valence-corrected chi connectivity index (χ2v) is 5.33. The zero-order valence-corrected chi connectivity index (χ0v) is 12.6. The first-order valence-electron chi connectivity index (χ1n) is 7.43. The number of benzene rings is 2. The lowest BCUT2D eigenvalue weighted by molar-refractivity contribution is 0.918. The van der Waals surface area contributed by atoms with Gasteiger partial charge in [-0.2, -0.15) is 0 Å². The van der Waals surface area contributed by atoms with Gasteiger partial charge in [0.1, 0.15) is 17.2 Å². The average Bonchev–Trinajstić information content (AvgIpc) is 2.62. The first kappa shape index (κ1) is 13.5. The topological polar surface area (TPSA) is 51.6 Å². The third kappa shape index (κ3) is 2.55. The molecule has 0 fully saturated rings. The molecule has 0 atom stereocenters. The van der Waals surface area contributed by atoms with Gasteiger partial charge in [-0.25, -0.2) is 4.98 Å². The van der Waals surface area contributed by atoms with Gasteiger partial charge in [0.2, 0.25) is 0 Å². The van der Waals surface area contributed by atoms with Crippen LogP contribution in [0.15, 0.2) is 66.9 Å². The fraction of sp³-hybridized carbons (Fsp3) is 0.0526. The predicted octanol–water partition coefficient (Wildman–Crippen LogP) is 4.06. The normalized spacial score (nSPS) is 10.8. The molecule has 4 rings (SSSR count). The monoisotopic (exact) mass is 298 g/mol. The highest BCUT2D eigenvalue weighted by atomic mass is 15.2. The Labute approximate surface area is 133 Å². The van der Waals surface area contributed by atoms with Crippen molar-refractivity contribution >= 4 is 10.9 Å². The molecule has 0 radical (unpaired) electrons. The maximum atomic E-state index is 4.61. The third-order valence-corrected chi connectivity index (χ3v) is 3.72. The number of fused-ring (bicyclic) bond motifs is 1. The van der Waals surface area contributed by atoms with Crippen LogP contribution in [0.2, 0.25) is 0 Å². The minimum absolute atomic E-state index is 0.662. The molecule has 0 saturated carbocycles. The van der Waals surface area contributed by atoms with Crippen molar-refractivity contribution in [2.45, 2.75) is 6.92 Å². The molecule has 0 spiro atoms. The quantitative estimate of drug-likeness (QED) is 0.560. The van der Waals surface area contributed by atoms with E-state index in [9.17, 15) is 0 Å². The maximum Gasteiger partial charge on any atom is 0.148 e. The maximum absolute atomic E-state index is 4.61. The predicted molar refractivity (Wildman–Crippen MR) is 90.7 cm³/mol. The molecule has 23 heavy (non-hydrogen) atoms. The van der Waals surface area contributed by atoms with Crippen molar-refractivity contribution in [1.29, 1.82) is 0 Å². The van der Waals surface area contributed by atoms with E-state index >= 15 is 0 Å². The SMILES string of the molecule is Cc1nnc(-c2ccc3ncccc3c2)c(-c2ccccc2)n1. The molecule has 2 aromatic heterocycles. The first-order valence-corrected chi connectivity index (χ1v) is 7.43. The molecule has 2 aromatic carbocycles. The summed E-state index contributed by atoms with van der Waals surface area (Å²) in [5, 5.41) is 9.62. The first-order chi connectivity index (χ1) is 11.3. The van der Waals surface area contributed by atoms with E-state index < -0.39 is 0 Å². The minimum atomic E-state index is 0.662. The molecular weight excluding hydrogens is 284 g/mol. The van der Waals surface area contributed by atoms with Crippen LogP contribution >= 0.6 is 0 Å². The summed E-state index contributed by atoms with van der Waals surface area (Å²) in [6.07, 6.45) is 1.80. The van der Waals surface area contributed by atoms with Crippen LogP contribution in [0.25, 0.3) is 33.4 Å². The Morgan fingerprint density at radius 2 is 1.61 bits per heavy atom. The highest BCUT2D eigenvalue weighted by Crippen LogP contribution is 2.29. The van der Waals surface area contributed by atoms with Crippen LogP contribution in [0.3, 0.4) is 0 Å². The van der Waals surface area contributed by atoms with Crippen molar-refractivity contribution in [3.63, 3.8) is 0 Å². The van der Waals surface area contributed by atoms with Gasteiger partial charge in [0.15, 0.2) is 0 Å². The zero-order valence-electron chi connectivity index (χ0n) is 12.6. The van der Waals surface area contributed by atoms with Crippen LogP contribution in [0, 0.1) is 6.92 Å². The van der Waals surface area contributed by atoms with E-state index in [2.05, 4.69) is 26.2 Å². The molecule has 0 aliphatic carbocycles. The summed E-state index contributed by atoms with van der Waals surface area (Å²) in [5.41, 5.74) is 4.62. The van der Waals surface area contributed by atoms with Crippen molar-refractivity contribution in [1.82, 2.24) is 20.2 Å². The Morgan fingerprint density at radius 3 is 2.48 bits per heavy atom. The van der Waals surface area contributed by atoms with Crippen LogP contribution in [-0.4, -0.2) is 20.2 Å². The average molecular weight is 298 g/mol. The van der Waals surface area contributed by atoms with Crippen molar-refractivity contribution in [2.24, 2.45) is 0 Å². The highest BCUT2D eigenvalue weighted by molar-refractivity contribution is 5.86. The lowest BCUT2D eigenvalue weighted by Gasteiger charge is -2.09. The summed E-state index contributed by atoms with van der Waals surface area (Å²) in [6, 6.07) is 20.1. The van der Waals surface area contributed by atoms with Crippen LogP contribution in [0.1, 0.15) is 5.82 Å². The number of nitrogens with zero attached hydrogens (tertiary/aromatic N) is 4. The van der Waals surface area contributed by atoms with E-state index in [0.29, 0.717) is 5.82 Å². The molecule has 0 N–H and O–H groups in total. The summed E-state index contributed by atoms with van der Waals surface area (Å²) in [7, 11) is 0. The Morgan fingerprint density at radius 1 is 0.739 bits per heavy atom. The van der Waals surface area contributed by atoms with E-state index in [1.807, 2.05) is 61.5 Å². The van der Waals surface area contributed by atoms with Gasteiger partial charge in [-0.15, -0.1) is 10.2 Å². The Bertz CT molecular complexity index is 981. The molecule has 4 heteroatoms. The van der Waals surface area contributed by atoms with Gasteiger partial charge in [-0.1, -0.05) is 42.5 Å². The molecule has 0 aliphatic rings. The number of hydrogen-bond acceptors (Lipinski definition) is 4. The van der Waals surface area contributed by atoms with Crippen molar-refractivity contribution in [3.8, 4) is 22.5 Å². The number of aryl methyl sites for hydroxylation is 1. The largest absolute Gasteiger partial charge is 0.256 e. The fourth-order valence-electron chi connectivity index (χ4n) is 2.62. The lowest BCUT2D eigenvalue weighted by atomic mass is 10.0. The molecule has 0 amide bonds.